The van der Waals surface area contributed by atoms with Gasteiger partial charge >= 0.3 is 0 Å². The summed E-state index contributed by atoms with van der Waals surface area (Å²) in [5.74, 6) is 1.04. The van der Waals surface area contributed by atoms with E-state index >= 15 is 0 Å². The standard InChI is InChI=1S/C28H29NO3/c1-26-8-6-19-13-21-24(30)25-22(31-25)14-27(21)9-10-28(19,32-27)23(26)5-4-20(26)17-3-2-16-7-11-29-15-18(16)12-17/h2-3,6-7,11-13,15,20,22-25,30H,4-5,8-10,14H2,1H3/t20-,22-,23-,24-,25-,26-,27-,28-/m1/s1. The Balaban J connectivity index is 1.22. The molecule has 0 amide bonds. The molecular weight excluding hydrogens is 398 g/mol. The van der Waals surface area contributed by atoms with Gasteiger partial charge in [0.15, 0.2) is 0 Å². The lowest BCUT2D eigenvalue weighted by Gasteiger charge is -2.54. The van der Waals surface area contributed by atoms with Crippen LogP contribution in [0, 0.1) is 11.3 Å². The monoisotopic (exact) mass is 427 g/mol. The van der Waals surface area contributed by atoms with Gasteiger partial charge in [-0.05, 0) is 83.6 Å². The molecule has 2 aromatic rings. The van der Waals surface area contributed by atoms with E-state index in [2.05, 4.69) is 48.3 Å². The van der Waals surface area contributed by atoms with Crippen molar-refractivity contribution in [3.8, 4) is 0 Å². The average Bonchev–Trinajstić information content (AvgIpc) is 3.39. The summed E-state index contributed by atoms with van der Waals surface area (Å²) in [4.78, 5) is 4.35. The Labute approximate surface area is 188 Å². The molecule has 2 spiro atoms. The van der Waals surface area contributed by atoms with Crippen LogP contribution in [0.3, 0.4) is 0 Å². The van der Waals surface area contributed by atoms with E-state index in [0.29, 0.717) is 11.8 Å². The van der Waals surface area contributed by atoms with Crippen LogP contribution in [0.25, 0.3) is 10.8 Å². The lowest BCUT2D eigenvalue weighted by molar-refractivity contribution is -0.138. The fraction of sp³-hybridized carbons (Fsp3) is 0.536. The Morgan fingerprint density at radius 2 is 2.06 bits per heavy atom. The third kappa shape index (κ3) is 2.08. The van der Waals surface area contributed by atoms with Gasteiger partial charge in [-0.15, -0.1) is 0 Å². The molecule has 2 saturated carbocycles. The van der Waals surface area contributed by atoms with E-state index in [9.17, 15) is 5.11 Å². The predicted octanol–water partition coefficient (Wildman–Crippen LogP) is 4.82. The topological polar surface area (TPSA) is 54.9 Å². The molecular formula is C28H29NO3. The number of aromatic nitrogens is 1. The molecule has 4 nitrogen and oxygen atoms in total. The Morgan fingerprint density at radius 3 is 3.00 bits per heavy atom. The second-order valence-electron chi connectivity index (χ2n) is 11.4. The first-order chi connectivity index (χ1) is 15.5. The summed E-state index contributed by atoms with van der Waals surface area (Å²) in [6, 6.07) is 9.07. The summed E-state index contributed by atoms with van der Waals surface area (Å²) >= 11 is 0. The lowest BCUT2D eigenvalue weighted by atomic mass is 9.58. The van der Waals surface area contributed by atoms with E-state index in [1.807, 2.05) is 12.4 Å². The number of fused-ring (bicyclic) bond motifs is 3. The zero-order valence-corrected chi connectivity index (χ0v) is 18.5. The van der Waals surface area contributed by atoms with Gasteiger partial charge in [-0.25, -0.2) is 0 Å². The average molecular weight is 428 g/mol. The number of aliphatic hydroxyl groups is 1. The van der Waals surface area contributed by atoms with Gasteiger partial charge in [-0.2, -0.15) is 0 Å². The maximum atomic E-state index is 10.9. The first kappa shape index (κ1) is 18.4. The van der Waals surface area contributed by atoms with E-state index in [-0.39, 0.29) is 28.8 Å². The van der Waals surface area contributed by atoms with E-state index < -0.39 is 6.10 Å². The summed E-state index contributed by atoms with van der Waals surface area (Å²) in [5, 5.41) is 13.4. The molecule has 4 heteroatoms. The van der Waals surface area contributed by atoms with Crippen LogP contribution in [0.5, 0.6) is 0 Å². The van der Waals surface area contributed by atoms with Gasteiger partial charge in [0.2, 0.25) is 0 Å². The maximum absolute atomic E-state index is 10.9. The van der Waals surface area contributed by atoms with Crippen molar-refractivity contribution in [2.24, 2.45) is 11.3 Å². The number of pyridine rings is 1. The molecule has 4 fully saturated rings. The summed E-state index contributed by atoms with van der Waals surface area (Å²) < 4.78 is 13.0. The van der Waals surface area contributed by atoms with Gasteiger partial charge in [-0.1, -0.05) is 31.2 Å². The van der Waals surface area contributed by atoms with Crippen LogP contribution in [-0.4, -0.2) is 39.6 Å². The van der Waals surface area contributed by atoms with E-state index in [0.717, 1.165) is 31.3 Å². The zero-order chi connectivity index (χ0) is 21.3. The number of hydrogen-bond donors (Lipinski definition) is 1. The highest BCUT2D eigenvalue weighted by Gasteiger charge is 2.70. The van der Waals surface area contributed by atoms with Crippen molar-refractivity contribution in [2.75, 3.05) is 0 Å². The van der Waals surface area contributed by atoms with Crippen LogP contribution < -0.4 is 0 Å². The highest BCUT2D eigenvalue weighted by molar-refractivity contribution is 5.82. The fourth-order valence-electron chi connectivity index (χ4n) is 8.54. The minimum Gasteiger partial charge on any atom is -0.386 e. The third-order valence-corrected chi connectivity index (χ3v) is 10.1. The number of rotatable bonds is 1. The Morgan fingerprint density at radius 1 is 1.12 bits per heavy atom. The number of aliphatic hydroxyl groups excluding tert-OH is 1. The number of benzene rings is 1. The van der Waals surface area contributed by atoms with Crippen molar-refractivity contribution in [1.29, 1.82) is 0 Å². The molecule has 3 aliphatic heterocycles. The molecule has 1 aromatic carbocycles. The van der Waals surface area contributed by atoms with Crippen molar-refractivity contribution < 1.29 is 14.6 Å². The molecule has 8 atom stereocenters. The van der Waals surface area contributed by atoms with Gasteiger partial charge in [0.05, 0.1) is 17.3 Å². The van der Waals surface area contributed by atoms with Crippen LogP contribution in [0.1, 0.15) is 56.9 Å². The molecule has 0 unspecified atom stereocenters. The Bertz CT molecular complexity index is 1230. The SMILES string of the molecule is C[C@]12CC=C3C=C4[C@@H](O)[C@@H]5O[C@@H]5C[C@]45CC[C@]3(O5)[C@@H]1CC[C@@H]2c1ccc2ccncc2c1. The second-order valence-corrected chi connectivity index (χ2v) is 11.4. The molecule has 2 saturated heterocycles. The molecule has 1 aromatic heterocycles. The number of ether oxygens (including phenoxy) is 2. The third-order valence-electron chi connectivity index (χ3n) is 10.1. The van der Waals surface area contributed by atoms with Crippen LogP contribution in [0.2, 0.25) is 0 Å². The summed E-state index contributed by atoms with van der Waals surface area (Å²) in [7, 11) is 0. The smallest absolute Gasteiger partial charge is 0.114 e. The molecule has 1 N–H and O–H groups in total. The van der Waals surface area contributed by atoms with E-state index in [1.165, 1.54) is 34.8 Å². The van der Waals surface area contributed by atoms with Crippen molar-refractivity contribution in [1.82, 2.24) is 4.98 Å². The first-order valence-corrected chi connectivity index (χ1v) is 12.3. The van der Waals surface area contributed by atoms with Gasteiger partial charge in [0.25, 0.3) is 0 Å². The highest BCUT2D eigenvalue weighted by atomic mass is 16.6. The Hall–Kier alpha value is -2.01. The van der Waals surface area contributed by atoms with Crippen molar-refractivity contribution in [3.05, 3.63) is 65.5 Å². The Kier molecular flexibility index (Phi) is 3.30. The normalized spacial score (nSPS) is 47.8. The van der Waals surface area contributed by atoms with Crippen LogP contribution >= 0.6 is 0 Å². The minimum absolute atomic E-state index is 0.00344. The summed E-state index contributed by atoms with van der Waals surface area (Å²) in [6.45, 7) is 2.51. The van der Waals surface area contributed by atoms with Gasteiger partial charge in [-0.3, -0.25) is 4.98 Å². The molecule has 32 heavy (non-hydrogen) atoms. The van der Waals surface area contributed by atoms with Crippen LogP contribution in [-0.2, 0) is 9.47 Å². The van der Waals surface area contributed by atoms with Crippen molar-refractivity contribution >= 4 is 10.8 Å². The molecule has 3 aliphatic carbocycles. The van der Waals surface area contributed by atoms with E-state index in [1.54, 1.807) is 0 Å². The van der Waals surface area contributed by atoms with Gasteiger partial charge in [0, 0.05) is 24.2 Å². The zero-order valence-electron chi connectivity index (χ0n) is 18.5. The highest BCUT2D eigenvalue weighted by Crippen LogP contribution is 2.70. The first-order valence-electron chi connectivity index (χ1n) is 12.3. The number of nitrogens with zero attached hydrogens (tertiary/aromatic N) is 1. The minimum atomic E-state index is -0.499. The number of allylic oxidation sites excluding steroid dienone is 1. The molecule has 164 valence electrons. The lowest BCUT2D eigenvalue weighted by Crippen LogP contribution is -2.55. The van der Waals surface area contributed by atoms with Crippen molar-refractivity contribution in [2.45, 2.75) is 80.9 Å². The van der Waals surface area contributed by atoms with Crippen LogP contribution in [0.4, 0.5) is 0 Å². The maximum Gasteiger partial charge on any atom is 0.114 e. The predicted molar refractivity (Wildman–Crippen MR) is 121 cm³/mol. The molecule has 2 bridgehead atoms. The summed E-state index contributed by atoms with van der Waals surface area (Å²) in [6.07, 6.45) is 14.8. The van der Waals surface area contributed by atoms with Crippen LogP contribution in [0.15, 0.2) is 60.0 Å². The van der Waals surface area contributed by atoms with Gasteiger partial charge in [0.1, 0.15) is 12.2 Å². The second kappa shape index (κ2) is 5.72. The van der Waals surface area contributed by atoms with Crippen molar-refractivity contribution in [3.63, 3.8) is 0 Å². The summed E-state index contributed by atoms with van der Waals surface area (Å²) in [5.41, 5.74) is 3.57. The fourth-order valence-corrected chi connectivity index (χ4v) is 8.54. The van der Waals surface area contributed by atoms with Gasteiger partial charge < -0.3 is 14.6 Å². The number of epoxide rings is 1. The molecule has 6 aliphatic rings. The molecule has 4 heterocycles. The quantitative estimate of drug-likeness (QED) is 0.663. The number of hydrogen-bond acceptors (Lipinski definition) is 4. The molecule has 0 radical (unpaired) electrons. The van der Waals surface area contributed by atoms with E-state index in [4.69, 9.17) is 9.47 Å². The largest absolute Gasteiger partial charge is 0.386 e. The molecule has 8 rings (SSSR count).